The van der Waals surface area contributed by atoms with E-state index in [1.807, 2.05) is 91.4 Å². The molecule has 0 N–H and O–H groups in total. The summed E-state index contributed by atoms with van der Waals surface area (Å²) in [5.41, 5.74) is 21.4. The third-order valence-electron chi connectivity index (χ3n) is 20.0. The number of nitrogens with zero attached hydrogens (tertiary/aromatic N) is 9. The van der Waals surface area contributed by atoms with Crippen LogP contribution in [0.3, 0.4) is 0 Å². The van der Waals surface area contributed by atoms with Gasteiger partial charge in [0.05, 0.1) is 50.5 Å². The molecule has 0 fully saturated rings. The summed E-state index contributed by atoms with van der Waals surface area (Å²) >= 11 is 0. The lowest BCUT2D eigenvalue weighted by molar-refractivity contribution is 1.33. The maximum absolute atomic E-state index is 5.37. The molecule has 12 aromatic carbocycles. The second kappa shape index (κ2) is 29.2. The van der Waals surface area contributed by atoms with Crippen LogP contribution in [0.25, 0.3) is 193 Å². The number of fused-ring (bicyclic) bond motifs is 9. The van der Waals surface area contributed by atoms with E-state index in [1.165, 1.54) is 59.4 Å². The molecule has 506 valence electrons. The highest BCUT2D eigenvalue weighted by Crippen LogP contribution is 2.44. The number of aromatic nitrogens is 9. The molecular formula is C99H65N9. The van der Waals surface area contributed by atoms with Crippen molar-refractivity contribution >= 4 is 104 Å². The van der Waals surface area contributed by atoms with E-state index in [1.54, 1.807) is 37.2 Å². The Hall–Kier alpha value is -14.7. The fraction of sp³-hybridized carbons (Fsp3) is 0. The molecule has 0 spiro atoms. The standard InChI is InChI=1S/C50H30N4.C39H25N3.2C5H5N/c1-2-5-32(6-3-1)44-25-20-39(30-52-44)40-21-14-34-17-24-43-41(22-15-35-16-23-42(40)47(34)48(35)43)46-27-19-37-13-12-36-18-26-45(53-49(36)50(37)54-46)33-10-8-31(9-11-33)38-7-4-28-51-29-38;1-2-32-34(19-16-26-13-12-25-7-3-4-11-33(25)37(26)32)36-21-18-28-15-14-27-17-20-35(41-38(27)39(28)42-36)30-9-5-8-29(23-30)31-10-6-22-40-24-31;2*1-2-4-6-5-3-1/h1-30H;2-24H,1H2;2*1-5H. The third-order valence-corrected chi connectivity index (χ3v) is 20.0. The van der Waals surface area contributed by atoms with Crippen molar-refractivity contribution in [1.82, 2.24) is 44.9 Å². The highest BCUT2D eigenvalue weighted by molar-refractivity contribution is 6.28. The topological polar surface area (TPSA) is 116 Å². The van der Waals surface area contributed by atoms with Crippen molar-refractivity contribution in [2.45, 2.75) is 0 Å². The van der Waals surface area contributed by atoms with Gasteiger partial charge in [0.15, 0.2) is 0 Å². The number of hydrogen-bond donors (Lipinski definition) is 0. The molecule has 0 unspecified atom stereocenters. The van der Waals surface area contributed by atoms with Crippen molar-refractivity contribution in [3.8, 4) is 89.7 Å². The minimum atomic E-state index is 0.892. The van der Waals surface area contributed by atoms with Gasteiger partial charge in [-0.05, 0) is 154 Å². The van der Waals surface area contributed by atoms with E-state index in [-0.39, 0.29) is 0 Å². The Kier molecular flexibility index (Phi) is 17.7. The molecule has 0 aliphatic rings. The molecule has 0 aliphatic carbocycles. The van der Waals surface area contributed by atoms with E-state index in [9.17, 15) is 0 Å². The van der Waals surface area contributed by atoms with Crippen molar-refractivity contribution in [3.63, 3.8) is 0 Å². The van der Waals surface area contributed by atoms with Crippen LogP contribution in [0.4, 0.5) is 0 Å². The summed E-state index contributed by atoms with van der Waals surface area (Å²) in [6.07, 6.45) is 18.3. The van der Waals surface area contributed by atoms with Crippen LogP contribution in [-0.4, -0.2) is 44.9 Å². The fourth-order valence-electron chi connectivity index (χ4n) is 14.7. The molecule has 0 atom stereocenters. The van der Waals surface area contributed by atoms with Crippen LogP contribution < -0.4 is 0 Å². The zero-order valence-electron chi connectivity index (χ0n) is 58.6. The van der Waals surface area contributed by atoms with Crippen molar-refractivity contribution < 1.29 is 0 Å². The Morgan fingerprint density at radius 3 is 1.17 bits per heavy atom. The highest BCUT2D eigenvalue weighted by Gasteiger charge is 2.19. The predicted molar refractivity (Wildman–Crippen MR) is 448 cm³/mol. The van der Waals surface area contributed by atoms with Gasteiger partial charge < -0.3 is 0 Å². The second-order valence-corrected chi connectivity index (χ2v) is 26.5. The molecule has 9 heterocycles. The van der Waals surface area contributed by atoms with Crippen molar-refractivity contribution in [2.24, 2.45) is 0 Å². The Morgan fingerprint density at radius 1 is 0.213 bits per heavy atom. The minimum absolute atomic E-state index is 0.892. The monoisotopic (exact) mass is 1380 g/mol. The van der Waals surface area contributed by atoms with Crippen LogP contribution in [0.2, 0.25) is 0 Å². The molecule has 21 rings (SSSR count). The normalized spacial score (nSPS) is 11.2. The summed E-state index contributed by atoms with van der Waals surface area (Å²) < 4.78 is 0. The highest BCUT2D eigenvalue weighted by atomic mass is 14.8. The maximum atomic E-state index is 5.37. The largest absolute Gasteiger partial charge is 0.265 e. The molecule has 9 aromatic heterocycles. The minimum Gasteiger partial charge on any atom is -0.265 e. The third kappa shape index (κ3) is 12.9. The first-order valence-electron chi connectivity index (χ1n) is 35.9. The average Bonchev–Trinajstić information content (AvgIpc) is 0.727. The number of hydrogen-bond acceptors (Lipinski definition) is 9. The Labute approximate surface area is 623 Å². The summed E-state index contributed by atoms with van der Waals surface area (Å²) in [5.74, 6) is 0. The van der Waals surface area contributed by atoms with E-state index in [0.717, 1.165) is 133 Å². The van der Waals surface area contributed by atoms with Gasteiger partial charge in [0.1, 0.15) is 0 Å². The molecular weight excluding hydrogens is 1320 g/mol. The zero-order chi connectivity index (χ0) is 72.1. The van der Waals surface area contributed by atoms with Crippen LogP contribution in [-0.2, 0) is 0 Å². The first-order chi connectivity index (χ1) is 53.5. The summed E-state index contributed by atoms with van der Waals surface area (Å²) in [6, 6.07) is 112. The smallest absolute Gasteiger partial charge is 0.0972 e. The molecule has 0 radical (unpaired) electrons. The van der Waals surface area contributed by atoms with E-state index < -0.39 is 0 Å². The molecule has 0 saturated carbocycles. The van der Waals surface area contributed by atoms with Crippen LogP contribution in [0.5, 0.6) is 0 Å². The Morgan fingerprint density at radius 2 is 0.611 bits per heavy atom. The Balaban J connectivity index is 0.000000135. The van der Waals surface area contributed by atoms with Crippen LogP contribution in [0.15, 0.2) is 384 Å². The van der Waals surface area contributed by atoms with Crippen LogP contribution >= 0.6 is 0 Å². The lowest BCUT2D eigenvalue weighted by Crippen LogP contribution is -1.93. The van der Waals surface area contributed by atoms with E-state index in [0.29, 0.717) is 0 Å². The summed E-state index contributed by atoms with van der Waals surface area (Å²) in [5, 5.41) is 16.5. The van der Waals surface area contributed by atoms with Gasteiger partial charge in [-0.2, -0.15) is 0 Å². The SMILES string of the molecule is C=Cc1c(-c2ccc3ccc4ccc(-c5cccc(-c6cccnc6)c5)nc4c3n2)ccc2ccc3ccccc3c12.c1ccc(-c2ccc(-c3ccc4ccc5c(-c6ccc7ccc8ccc(-c9ccc(-c%10cccnc%10)cc9)nc8c7n6)ccc6ccc3c4c65)cn2)cc1.c1ccncc1.c1ccncc1. The molecule has 0 aliphatic heterocycles. The average molecular weight is 1380 g/mol. The van der Waals surface area contributed by atoms with Crippen LogP contribution in [0, 0.1) is 0 Å². The van der Waals surface area contributed by atoms with Crippen LogP contribution in [0.1, 0.15) is 5.56 Å². The first kappa shape index (κ1) is 65.4. The van der Waals surface area contributed by atoms with Gasteiger partial charge in [0.25, 0.3) is 0 Å². The summed E-state index contributed by atoms with van der Waals surface area (Å²) in [7, 11) is 0. The van der Waals surface area contributed by atoms with Crippen molar-refractivity contribution in [1.29, 1.82) is 0 Å². The van der Waals surface area contributed by atoms with Crippen molar-refractivity contribution in [2.75, 3.05) is 0 Å². The second-order valence-electron chi connectivity index (χ2n) is 26.5. The quantitative estimate of drug-likeness (QED) is 0.130. The number of benzene rings is 12. The molecule has 21 aromatic rings. The predicted octanol–water partition coefficient (Wildman–Crippen LogP) is 25.1. The van der Waals surface area contributed by atoms with Crippen molar-refractivity contribution in [3.05, 3.63) is 389 Å². The van der Waals surface area contributed by atoms with Gasteiger partial charge in [0.2, 0.25) is 0 Å². The van der Waals surface area contributed by atoms with E-state index >= 15 is 0 Å². The lowest BCUT2D eigenvalue weighted by Gasteiger charge is -2.16. The molecule has 0 amide bonds. The summed E-state index contributed by atoms with van der Waals surface area (Å²) in [6.45, 7) is 4.22. The lowest BCUT2D eigenvalue weighted by atomic mass is 9.88. The zero-order valence-corrected chi connectivity index (χ0v) is 58.6. The van der Waals surface area contributed by atoms with Gasteiger partial charge in [-0.15, -0.1) is 0 Å². The molecule has 9 heteroatoms. The first-order valence-corrected chi connectivity index (χ1v) is 35.9. The van der Waals surface area contributed by atoms with Gasteiger partial charge in [-0.3, -0.25) is 24.9 Å². The molecule has 9 nitrogen and oxygen atoms in total. The fourth-order valence-corrected chi connectivity index (χ4v) is 14.7. The maximum Gasteiger partial charge on any atom is 0.0972 e. The van der Waals surface area contributed by atoms with Gasteiger partial charge in [-0.1, -0.05) is 261 Å². The Bertz CT molecular complexity index is 6760. The number of pyridine rings is 9. The summed E-state index contributed by atoms with van der Waals surface area (Å²) in [4.78, 5) is 42.0. The van der Waals surface area contributed by atoms with E-state index in [4.69, 9.17) is 24.9 Å². The van der Waals surface area contributed by atoms with Gasteiger partial charge in [0, 0.05) is 116 Å². The molecule has 108 heavy (non-hydrogen) atoms. The van der Waals surface area contributed by atoms with Gasteiger partial charge in [-0.25, -0.2) is 19.9 Å². The molecule has 0 bridgehead atoms. The van der Waals surface area contributed by atoms with E-state index in [2.05, 4.69) is 281 Å². The number of rotatable bonds is 9. The van der Waals surface area contributed by atoms with Gasteiger partial charge >= 0.3 is 0 Å². The molecule has 0 saturated heterocycles.